The Bertz CT molecular complexity index is 1270. The Balaban J connectivity index is 1.78. The number of likely N-dealkylation sites (tertiary alicyclic amines) is 1. The summed E-state index contributed by atoms with van der Waals surface area (Å²) in [5.41, 5.74) is 1.83. The van der Waals surface area contributed by atoms with Crippen LogP contribution in [-0.2, 0) is 19.6 Å². The Morgan fingerprint density at radius 2 is 1.79 bits per heavy atom. The summed E-state index contributed by atoms with van der Waals surface area (Å²) >= 11 is 12.6. The molecule has 1 saturated carbocycles. The highest BCUT2D eigenvalue weighted by molar-refractivity contribution is 7.88. The molecule has 0 spiro atoms. The molecule has 0 bridgehead atoms. The second kappa shape index (κ2) is 11.9. The molecular weight excluding hydrogens is 547 g/mol. The minimum atomic E-state index is -3.40. The molecule has 2 aromatic carbocycles. The maximum Gasteiger partial charge on any atom is 0.304 e. The van der Waals surface area contributed by atoms with Gasteiger partial charge in [0.25, 0.3) is 0 Å². The lowest BCUT2D eigenvalue weighted by molar-refractivity contribution is -0.150. The summed E-state index contributed by atoms with van der Waals surface area (Å²) in [7, 11) is -3.40. The van der Waals surface area contributed by atoms with Crippen LogP contribution in [-0.4, -0.2) is 60.5 Å². The van der Waals surface area contributed by atoms with Gasteiger partial charge in [-0.25, -0.2) is 12.7 Å². The van der Waals surface area contributed by atoms with E-state index in [0.717, 1.165) is 24.0 Å². The van der Waals surface area contributed by atoms with Gasteiger partial charge in [-0.3, -0.25) is 9.59 Å². The van der Waals surface area contributed by atoms with E-state index in [2.05, 4.69) is 0 Å². The number of sulfonamides is 1. The van der Waals surface area contributed by atoms with Crippen LogP contribution >= 0.6 is 23.2 Å². The summed E-state index contributed by atoms with van der Waals surface area (Å²) < 4.78 is 26.3. The van der Waals surface area contributed by atoms with Crippen molar-refractivity contribution in [3.05, 3.63) is 69.7 Å². The Kier molecular flexibility index (Phi) is 9.07. The van der Waals surface area contributed by atoms with E-state index in [1.165, 1.54) is 10.6 Å². The first-order valence-corrected chi connectivity index (χ1v) is 15.6. The number of carboxylic acid groups (broad SMARTS) is 1. The maximum absolute atomic E-state index is 14.0. The molecule has 38 heavy (non-hydrogen) atoms. The van der Waals surface area contributed by atoms with Gasteiger partial charge >= 0.3 is 5.97 Å². The number of hydrogen-bond donors (Lipinski definition) is 1. The molecule has 1 N–H and O–H groups in total. The molecule has 206 valence electrons. The molecule has 1 amide bonds. The van der Waals surface area contributed by atoms with Crippen molar-refractivity contribution in [1.82, 2.24) is 9.21 Å². The smallest absolute Gasteiger partial charge is 0.304 e. The molecule has 2 aliphatic rings. The van der Waals surface area contributed by atoms with Crippen LogP contribution in [0.1, 0.15) is 55.7 Å². The number of hydrogen-bond acceptors (Lipinski definition) is 4. The Hall–Kier alpha value is -2.13. The Morgan fingerprint density at radius 3 is 2.34 bits per heavy atom. The molecule has 4 atom stereocenters. The molecule has 4 rings (SSSR count). The van der Waals surface area contributed by atoms with Gasteiger partial charge in [0.2, 0.25) is 15.9 Å². The molecule has 7 nitrogen and oxygen atoms in total. The average Bonchev–Trinajstić information content (AvgIpc) is 3.69. The first kappa shape index (κ1) is 28.9. The summed E-state index contributed by atoms with van der Waals surface area (Å²) in [6.07, 6.45) is 3.28. The van der Waals surface area contributed by atoms with Gasteiger partial charge in [0.15, 0.2) is 0 Å². The van der Waals surface area contributed by atoms with Crippen molar-refractivity contribution in [2.24, 2.45) is 17.8 Å². The van der Waals surface area contributed by atoms with Crippen LogP contribution in [0.3, 0.4) is 0 Å². The van der Waals surface area contributed by atoms with Gasteiger partial charge in [0, 0.05) is 41.5 Å². The molecule has 1 saturated heterocycles. The van der Waals surface area contributed by atoms with Crippen LogP contribution < -0.4 is 0 Å². The first-order valence-electron chi connectivity index (χ1n) is 13.0. The highest BCUT2D eigenvalue weighted by Crippen LogP contribution is 2.48. The molecule has 0 radical (unpaired) electrons. The lowest BCUT2D eigenvalue weighted by Gasteiger charge is -2.46. The van der Waals surface area contributed by atoms with Crippen molar-refractivity contribution in [2.45, 2.75) is 44.6 Å². The zero-order chi connectivity index (χ0) is 27.6. The third-order valence-electron chi connectivity index (χ3n) is 7.78. The predicted octanol–water partition coefficient (Wildman–Crippen LogP) is 5.45. The zero-order valence-corrected chi connectivity index (χ0v) is 23.9. The zero-order valence-electron chi connectivity index (χ0n) is 21.6. The first-order chi connectivity index (χ1) is 18.0. The van der Waals surface area contributed by atoms with E-state index < -0.39 is 21.9 Å². The quantitative estimate of drug-likeness (QED) is 0.381. The van der Waals surface area contributed by atoms with Gasteiger partial charge in [-0.05, 0) is 66.5 Å². The van der Waals surface area contributed by atoms with Crippen molar-refractivity contribution >= 4 is 45.1 Å². The van der Waals surface area contributed by atoms with Gasteiger partial charge in [0.1, 0.15) is 0 Å². The van der Waals surface area contributed by atoms with Crippen molar-refractivity contribution in [3.8, 4) is 0 Å². The van der Waals surface area contributed by atoms with Crippen LogP contribution in [0, 0.1) is 17.8 Å². The van der Waals surface area contributed by atoms with Gasteiger partial charge in [0.05, 0.1) is 18.7 Å². The number of aliphatic carboxylic acids is 1. The number of carbonyl (C=O) groups excluding carboxylic acids is 1. The summed E-state index contributed by atoms with van der Waals surface area (Å²) in [6.45, 7) is 2.83. The minimum Gasteiger partial charge on any atom is -0.481 e. The number of benzene rings is 2. The van der Waals surface area contributed by atoms with Crippen molar-refractivity contribution < 1.29 is 23.1 Å². The topological polar surface area (TPSA) is 95.0 Å². The molecule has 2 aromatic rings. The minimum absolute atomic E-state index is 0.0629. The average molecular weight is 582 g/mol. The van der Waals surface area contributed by atoms with E-state index in [0.29, 0.717) is 42.0 Å². The molecule has 1 aliphatic carbocycles. The molecule has 2 fully saturated rings. The van der Waals surface area contributed by atoms with Gasteiger partial charge in [-0.15, -0.1) is 0 Å². The van der Waals surface area contributed by atoms with E-state index >= 15 is 0 Å². The summed E-state index contributed by atoms with van der Waals surface area (Å²) in [4.78, 5) is 27.5. The van der Waals surface area contributed by atoms with Crippen LogP contribution in [0.25, 0.3) is 0 Å². The highest BCUT2D eigenvalue weighted by atomic mass is 35.5. The largest absolute Gasteiger partial charge is 0.481 e. The van der Waals surface area contributed by atoms with Gasteiger partial charge < -0.3 is 10.0 Å². The second-order valence-electron chi connectivity index (χ2n) is 10.5. The summed E-state index contributed by atoms with van der Waals surface area (Å²) in [5, 5.41) is 10.8. The number of rotatable bonds is 11. The SMILES string of the molecule is CCN(C[C@H](CN1C(=O)[C@@H](CC(=O)O)C[C@H](c2cccc(Cl)c2)[C@H]1c1ccc(Cl)cc1)C1CC1)S(C)(=O)=O. The predicted molar refractivity (Wildman–Crippen MR) is 149 cm³/mol. The molecular formula is C28H34Cl2N2O5S. The normalized spacial score (nSPS) is 23.0. The lowest BCUT2D eigenvalue weighted by Crippen LogP contribution is -2.50. The van der Waals surface area contributed by atoms with Gasteiger partial charge in [-0.2, -0.15) is 0 Å². The summed E-state index contributed by atoms with van der Waals surface area (Å²) in [6, 6.07) is 14.5. The number of carbonyl (C=O) groups is 2. The second-order valence-corrected chi connectivity index (χ2v) is 13.3. The van der Waals surface area contributed by atoms with E-state index in [4.69, 9.17) is 23.2 Å². The number of piperidine rings is 1. The fourth-order valence-electron chi connectivity index (χ4n) is 5.77. The molecule has 0 unspecified atom stereocenters. The Morgan fingerprint density at radius 1 is 1.11 bits per heavy atom. The molecule has 1 aliphatic heterocycles. The molecule has 0 aromatic heterocycles. The van der Waals surface area contributed by atoms with E-state index in [1.807, 2.05) is 42.2 Å². The van der Waals surface area contributed by atoms with E-state index in [-0.39, 0.29) is 30.2 Å². The third-order valence-corrected chi connectivity index (χ3v) is 9.61. The molecule has 1 heterocycles. The number of nitrogens with zero attached hydrogens (tertiary/aromatic N) is 2. The monoisotopic (exact) mass is 580 g/mol. The van der Waals surface area contributed by atoms with Crippen LogP contribution in [0.4, 0.5) is 0 Å². The van der Waals surface area contributed by atoms with E-state index in [1.54, 1.807) is 18.2 Å². The van der Waals surface area contributed by atoms with Crippen LogP contribution in [0.2, 0.25) is 10.0 Å². The van der Waals surface area contributed by atoms with Crippen molar-refractivity contribution in [1.29, 1.82) is 0 Å². The maximum atomic E-state index is 14.0. The molecule has 10 heteroatoms. The fraction of sp³-hybridized carbons (Fsp3) is 0.500. The van der Waals surface area contributed by atoms with Crippen molar-refractivity contribution in [3.63, 3.8) is 0 Å². The Labute approximate surface area is 234 Å². The summed E-state index contributed by atoms with van der Waals surface area (Å²) in [5.74, 6) is -1.88. The number of halogens is 2. The third kappa shape index (κ3) is 6.89. The number of carboxylic acids is 1. The van der Waals surface area contributed by atoms with Gasteiger partial charge in [-0.1, -0.05) is 54.4 Å². The lowest BCUT2D eigenvalue weighted by atomic mass is 9.74. The van der Waals surface area contributed by atoms with Crippen LogP contribution in [0.15, 0.2) is 48.5 Å². The standard InChI is InChI=1S/C28H34Cl2N2O5S/c1-3-31(38(2,36)37)16-22(18-7-8-18)17-32-27(19-9-11-23(29)12-10-19)25(20-5-4-6-24(30)13-20)14-21(28(32)35)15-26(33)34/h4-6,9-13,18,21-22,25,27H,3,7-8,14-17H2,1-2H3,(H,33,34)/t21-,22-,25-,27-/m1/s1. The van der Waals surface area contributed by atoms with Crippen LogP contribution in [0.5, 0.6) is 0 Å². The van der Waals surface area contributed by atoms with E-state index in [9.17, 15) is 23.1 Å². The highest BCUT2D eigenvalue weighted by Gasteiger charge is 2.46. The number of amides is 1. The fourth-order valence-corrected chi connectivity index (χ4v) is 7.03. The van der Waals surface area contributed by atoms with Crippen molar-refractivity contribution in [2.75, 3.05) is 25.9 Å².